The van der Waals surface area contributed by atoms with Crippen LogP contribution in [0, 0.1) is 0 Å². The number of anilines is 1. The van der Waals surface area contributed by atoms with Crippen molar-refractivity contribution < 1.29 is 23.9 Å². The molecule has 1 heterocycles. The third-order valence-electron chi connectivity index (χ3n) is 4.19. The zero-order chi connectivity index (χ0) is 20.0. The van der Waals surface area contributed by atoms with E-state index in [1.165, 1.54) is 6.07 Å². The van der Waals surface area contributed by atoms with Gasteiger partial charge in [-0.25, -0.2) is 9.59 Å². The molecule has 7 heteroatoms. The quantitative estimate of drug-likeness (QED) is 0.812. The van der Waals surface area contributed by atoms with Gasteiger partial charge in [0, 0.05) is 18.3 Å². The molecule has 0 radical (unpaired) electrons. The fourth-order valence-electron chi connectivity index (χ4n) is 2.91. The average Bonchev–Trinajstić information content (AvgIpc) is 2.58. The van der Waals surface area contributed by atoms with Crippen molar-refractivity contribution in [2.75, 3.05) is 18.5 Å². The number of esters is 1. The van der Waals surface area contributed by atoms with E-state index in [9.17, 15) is 14.4 Å². The van der Waals surface area contributed by atoms with E-state index in [4.69, 9.17) is 9.47 Å². The van der Waals surface area contributed by atoms with Gasteiger partial charge in [-0.2, -0.15) is 0 Å². The maximum Gasteiger partial charge on any atom is 0.412 e. The minimum atomic E-state index is -0.618. The molecule has 1 aliphatic heterocycles. The number of hydrogen-bond donors (Lipinski definition) is 1. The highest BCUT2D eigenvalue weighted by Crippen LogP contribution is 2.17. The van der Waals surface area contributed by atoms with E-state index in [1.54, 1.807) is 43.9 Å². The lowest BCUT2D eigenvalue weighted by molar-refractivity contribution is -0.137. The maximum absolute atomic E-state index is 12.3. The standard InChI is InChI=1S/C20H28N2O5/c1-14-8-5-6-11-22(14)17(23)13-26-18(24)15-9-7-10-16(12-15)21-19(25)27-20(2,3)4/h7,9-10,12,14H,5-6,8,11,13H2,1-4H3,(H,21,25)/t14-/m0/s1. The number of nitrogens with one attached hydrogen (secondary N) is 1. The molecule has 0 saturated carbocycles. The van der Waals surface area contributed by atoms with Gasteiger partial charge >= 0.3 is 12.1 Å². The van der Waals surface area contributed by atoms with Crippen molar-refractivity contribution in [3.63, 3.8) is 0 Å². The average molecular weight is 376 g/mol. The number of carbonyl (C=O) groups is 3. The minimum absolute atomic E-state index is 0.173. The van der Waals surface area contributed by atoms with Crippen molar-refractivity contribution in [3.8, 4) is 0 Å². The molecule has 7 nitrogen and oxygen atoms in total. The van der Waals surface area contributed by atoms with Gasteiger partial charge in [0.15, 0.2) is 6.61 Å². The molecule has 0 spiro atoms. The van der Waals surface area contributed by atoms with Gasteiger partial charge in [0.25, 0.3) is 5.91 Å². The van der Waals surface area contributed by atoms with Crippen molar-refractivity contribution in [3.05, 3.63) is 29.8 Å². The lowest BCUT2D eigenvalue weighted by Gasteiger charge is -2.33. The third-order valence-corrected chi connectivity index (χ3v) is 4.19. The Balaban J connectivity index is 1.91. The molecule has 1 N–H and O–H groups in total. The Kier molecular flexibility index (Phi) is 6.82. The summed E-state index contributed by atoms with van der Waals surface area (Å²) in [4.78, 5) is 38.1. The van der Waals surface area contributed by atoms with Crippen molar-refractivity contribution in [2.24, 2.45) is 0 Å². The van der Waals surface area contributed by atoms with E-state index in [1.807, 2.05) is 6.92 Å². The second-order valence-electron chi connectivity index (χ2n) is 7.72. The number of ether oxygens (including phenoxy) is 2. The van der Waals surface area contributed by atoms with Crippen LogP contribution in [-0.2, 0) is 14.3 Å². The van der Waals surface area contributed by atoms with Crippen LogP contribution in [-0.4, -0.2) is 47.7 Å². The Labute approximate surface area is 160 Å². The van der Waals surface area contributed by atoms with E-state index < -0.39 is 17.7 Å². The molecule has 27 heavy (non-hydrogen) atoms. The summed E-state index contributed by atoms with van der Waals surface area (Å²) >= 11 is 0. The monoisotopic (exact) mass is 376 g/mol. The van der Waals surface area contributed by atoms with Gasteiger partial charge in [-0.15, -0.1) is 0 Å². The molecule has 1 saturated heterocycles. The summed E-state index contributed by atoms with van der Waals surface area (Å²) in [7, 11) is 0. The summed E-state index contributed by atoms with van der Waals surface area (Å²) in [5, 5.41) is 2.57. The molecule has 1 aromatic carbocycles. The minimum Gasteiger partial charge on any atom is -0.452 e. The largest absolute Gasteiger partial charge is 0.452 e. The number of hydrogen-bond acceptors (Lipinski definition) is 5. The lowest BCUT2D eigenvalue weighted by atomic mass is 10.0. The van der Waals surface area contributed by atoms with Gasteiger partial charge in [0.05, 0.1) is 5.56 Å². The Morgan fingerprint density at radius 2 is 1.96 bits per heavy atom. The van der Waals surface area contributed by atoms with Crippen LogP contribution in [0.3, 0.4) is 0 Å². The van der Waals surface area contributed by atoms with Gasteiger partial charge in [-0.05, 0) is 65.2 Å². The summed E-state index contributed by atoms with van der Waals surface area (Å²) in [6.45, 7) is 7.71. The van der Waals surface area contributed by atoms with Crippen LogP contribution in [0.5, 0.6) is 0 Å². The molecule has 2 rings (SSSR count). The predicted octanol–water partition coefficient (Wildman–Crippen LogP) is 3.59. The second-order valence-corrected chi connectivity index (χ2v) is 7.72. The molecule has 0 bridgehead atoms. The Hall–Kier alpha value is -2.57. The molecule has 0 unspecified atom stereocenters. The van der Waals surface area contributed by atoms with Gasteiger partial charge in [-0.1, -0.05) is 6.07 Å². The number of amides is 2. The zero-order valence-corrected chi connectivity index (χ0v) is 16.4. The number of nitrogens with zero attached hydrogens (tertiary/aromatic N) is 1. The molecule has 0 aliphatic carbocycles. The molecule has 1 aliphatic rings. The van der Waals surface area contributed by atoms with E-state index in [2.05, 4.69) is 5.32 Å². The molecule has 2 amide bonds. The highest BCUT2D eigenvalue weighted by Gasteiger charge is 2.24. The van der Waals surface area contributed by atoms with Gasteiger partial charge < -0.3 is 14.4 Å². The number of rotatable bonds is 4. The molecule has 1 atom stereocenters. The molecule has 1 aromatic rings. The fourth-order valence-corrected chi connectivity index (χ4v) is 2.91. The van der Waals surface area contributed by atoms with Crippen LogP contribution >= 0.6 is 0 Å². The normalized spacial score (nSPS) is 17.2. The first-order valence-electron chi connectivity index (χ1n) is 9.22. The molecule has 148 valence electrons. The SMILES string of the molecule is C[C@H]1CCCCN1C(=O)COC(=O)c1cccc(NC(=O)OC(C)(C)C)c1. The van der Waals surface area contributed by atoms with Crippen LogP contribution < -0.4 is 5.32 Å². The van der Waals surface area contributed by atoms with E-state index >= 15 is 0 Å². The summed E-state index contributed by atoms with van der Waals surface area (Å²) in [5.74, 6) is -0.792. The highest BCUT2D eigenvalue weighted by molar-refractivity contribution is 5.93. The third kappa shape index (κ3) is 6.58. The number of likely N-dealkylation sites (tertiary alicyclic amines) is 1. The van der Waals surface area contributed by atoms with Crippen molar-refractivity contribution >= 4 is 23.7 Å². The van der Waals surface area contributed by atoms with Gasteiger partial charge in [0.2, 0.25) is 0 Å². The second kappa shape index (κ2) is 8.88. The van der Waals surface area contributed by atoms with E-state index in [-0.39, 0.29) is 24.1 Å². The predicted molar refractivity (Wildman–Crippen MR) is 102 cm³/mol. The fraction of sp³-hybridized carbons (Fsp3) is 0.550. The zero-order valence-electron chi connectivity index (χ0n) is 16.4. The van der Waals surface area contributed by atoms with Crippen LogP contribution in [0.4, 0.5) is 10.5 Å². The summed E-state index contributed by atoms with van der Waals surface area (Å²) < 4.78 is 10.3. The molecule has 0 aromatic heterocycles. The Morgan fingerprint density at radius 3 is 2.63 bits per heavy atom. The number of piperidine rings is 1. The van der Waals surface area contributed by atoms with E-state index in [0.717, 1.165) is 19.3 Å². The highest BCUT2D eigenvalue weighted by atomic mass is 16.6. The van der Waals surface area contributed by atoms with Crippen LogP contribution in [0.15, 0.2) is 24.3 Å². The first kappa shape index (κ1) is 20.7. The van der Waals surface area contributed by atoms with Crippen molar-refractivity contribution in [2.45, 2.75) is 58.6 Å². The van der Waals surface area contributed by atoms with Crippen LogP contribution in [0.1, 0.15) is 57.3 Å². The first-order valence-corrected chi connectivity index (χ1v) is 9.22. The maximum atomic E-state index is 12.3. The topological polar surface area (TPSA) is 84.9 Å². The lowest BCUT2D eigenvalue weighted by Crippen LogP contribution is -2.44. The van der Waals surface area contributed by atoms with Crippen molar-refractivity contribution in [1.29, 1.82) is 0 Å². The summed E-state index contributed by atoms with van der Waals surface area (Å²) in [6, 6.07) is 6.49. The smallest absolute Gasteiger partial charge is 0.412 e. The number of benzene rings is 1. The van der Waals surface area contributed by atoms with Crippen LogP contribution in [0.2, 0.25) is 0 Å². The Bertz CT molecular complexity index is 696. The first-order chi connectivity index (χ1) is 12.7. The Morgan fingerprint density at radius 1 is 1.22 bits per heavy atom. The van der Waals surface area contributed by atoms with Crippen molar-refractivity contribution in [1.82, 2.24) is 4.90 Å². The van der Waals surface area contributed by atoms with Crippen LogP contribution in [0.25, 0.3) is 0 Å². The van der Waals surface area contributed by atoms with E-state index in [0.29, 0.717) is 12.2 Å². The molecular weight excluding hydrogens is 348 g/mol. The molecule has 1 fully saturated rings. The summed E-state index contributed by atoms with van der Waals surface area (Å²) in [6.07, 6.45) is 2.45. The molecular formula is C20H28N2O5. The van der Waals surface area contributed by atoms with Gasteiger partial charge in [0.1, 0.15) is 5.60 Å². The summed E-state index contributed by atoms with van der Waals surface area (Å²) in [5.41, 5.74) is 0.0461. The van der Waals surface area contributed by atoms with Gasteiger partial charge in [-0.3, -0.25) is 10.1 Å². The number of carbonyl (C=O) groups excluding carboxylic acids is 3.